The summed E-state index contributed by atoms with van der Waals surface area (Å²) >= 11 is 1.37. The van der Waals surface area contributed by atoms with Gasteiger partial charge in [0, 0.05) is 6.07 Å². The first kappa shape index (κ1) is 15.0. The Balaban J connectivity index is 3.48. The van der Waals surface area contributed by atoms with E-state index in [-0.39, 0.29) is 9.99 Å². The van der Waals surface area contributed by atoms with Crippen LogP contribution in [-0.4, -0.2) is 17.6 Å². The zero-order valence-corrected chi connectivity index (χ0v) is 10.2. The van der Waals surface area contributed by atoms with Crippen molar-refractivity contribution >= 4 is 28.9 Å². The van der Waals surface area contributed by atoms with Crippen molar-refractivity contribution in [3.05, 3.63) is 21.0 Å². The smallest absolute Gasteiger partial charge is 0.405 e. The molecule has 0 saturated heterocycles. The number of halogens is 7. The summed E-state index contributed by atoms with van der Waals surface area (Å²) in [6, 6.07) is 0.448. The van der Waals surface area contributed by atoms with Crippen LogP contribution in [0.15, 0.2) is 6.07 Å². The summed E-state index contributed by atoms with van der Waals surface area (Å²) in [4.78, 5) is 13.6. The minimum atomic E-state index is -5.30. The molecule has 1 rings (SSSR count). The van der Waals surface area contributed by atoms with E-state index in [1.165, 1.54) is 22.6 Å². The average Bonchev–Trinajstić information content (AvgIpc) is 2.11. The largest absolute Gasteiger partial charge is 0.573 e. The van der Waals surface area contributed by atoms with Gasteiger partial charge in [0.1, 0.15) is 20.7 Å². The van der Waals surface area contributed by atoms with Crippen molar-refractivity contribution in [2.45, 2.75) is 12.5 Å². The lowest BCUT2D eigenvalue weighted by Crippen LogP contribution is -2.22. The summed E-state index contributed by atoms with van der Waals surface area (Å²) in [6.07, 6.45) is -10.8. The number of ether oxygens (including phenoxy) is 1. The zero-order chi connectivity index (χ0) is 14.1. The first-order valence-corrected chi connectivity index (χ1v) is 5.11. The van der Waals surface area contributed by atoms with Gasteiger partial charge in [-0.1, -0.05) is 0 Å². The lowest BCUT2D eigenvalue weighted by Gasteiger charge is -2.16. The van der Waals surface area contributed by atoms with Crippen LogP contribution in [0.1, 0.15) is 16.1 Å². The van der Waals surface area contributed by atoms with E-state index < -0.39 is 29.5 Å². The predicted octanol–water partition coefficient (Wildman–Crippen LogP) is 3.42. The molecule has 0 bridgehead atoms. The summed E-state index contributed by atoms with van der Waals surface area (Å²) < 4.78 is 76.6. The van der Waals surface area contributed by atoms with Crippen molar-refractivity contribution in [2.24, 2.45) is 0 Å². The van der Waals surface area contributed by atoms with Gasteiger partial charge in [-0.2, -0.15) is 13.2 Å². The molecule has 0 spiro atoms. The molecule has 1 aromatic rings. The fraction of sp³-hybridized carbons (Fsp3) is 0.250. The summed E-state index contributed by atoms with van der Waals surface area (Å²) in [5.41, 5.74) is -3.01. The molecule has 3 nitrogen and oxygen atoms in total. The molecule has 0 aliphatic heterocycles. The Morgan fingerprint density at radius 1 is 1.22 bits per heavy atom. The van der Waals surface area contributed by atoms with E-state index in [1.807, 2.05) is 0 Å². The molecule has 0 N–H and O–H groups in total. The highest BCUT2D eigenvalue weighted by molar-refractivity contribution is 14.1. The SMILES string of the molecule is O=Cc1nc(I)cc(OC(F)(F)F)c1C(F)(F)F. The van der Waals surface area contributed by atoms with Crippen molar-refractivity contribution in [1.82, 2.24) is 4.98 Å². The Bertz CT molecular complexity index is 470. The van der Waals surface area contributed by atoms with Crippen LogP contribution in [0.5, 0.6) is 5.75 Å². The summed E-state index contributed by atoms with van der Waals surface area (Å²) in [6.45, 7) is 0. The Labute approximate surface area is 109 Å². The second kappa shape index (κ2) is 4.90. The van der Waals surface area contributed by atoms with E-state index >= 15 is 0 Å². The lowest BCUT2D eigenvalue weighted by molar-refractivity contribution is -0.276. The van der Waals surface area contributed by atoms with Crippen molar-refractivity contribution in [3.8, 4) is 5.75 Å². The molecule has 0 fully saturated rings. The predicted molar refractivity (Wildman–Crippen MR) is 54.0 cm³/mol. The molecular weight excluding hydrogens is 383 g/mol. The molecule has 0 saturated carbocycles. The van der Waals surface area contributed by atoms with Crippen LogP contribution in [0.25, 0.3) is 0 Å². The van der Waals surface area contributed by atoms with Crippen molar-refractivity contribution in [3.63, 3.8) is 0 Å². The first-order valence-electron chi connectivity index (χ1n) is 4.03. The summed E-state index contributed by atoms with van der Waals surface area (Å²) in [7, 11) is 0. The number of hydrogen-bond acceptors (Lipinski definition) is 3. The van der Waals surface area contributed by atoms with E-state index in [9.17, 15) is 31.1 Å². The third-order valence-electron chi connectivity index (χ3n) is 1.60. The van der Waals surface area contributed by atoms with Gasteiger partial charge in [-0.05, 0) is 22.6 Å². The van der Waals surface area contributed by atoms with Crippen LogP contribution in [0.4, 0.5) is 26.3 Å². The van der Waals surface area contributed by atoms with Gasteiger partial charge in [-0.15, -0.1) is 13.2 Å². The first-order chi connectivity index (χ1) is 8.04. The number of rotatable bonds is 2. The molecule has 0 unspecified atom stereocenters. The Morgan fingerprint density at radius 2 is 1.78 bits per heavy atom. The number of carbonyl (C=O) groups is 1. The molecule has 0 amide bonds. The maximum absolute atomic E-state index is 12.6. The number of hydrogen-bond donors (Lipinski definition) is 0. The van der Waals surface area contributed by atoms with Gasteiger partial charge in [0.2, 0.25) is 0 Å². The number of nitrogens with zero attached hydrogens (tertiary/aromatic N) is 1. The van der Waals surface area contributed by atoms with E-state index in [1.54, 1.807) is 0 Å². The topological polar surface area (TPSA) is 39.2 Å². The molecular formula is C8H2F6INO2. The van der Waals surface area contributed by atoms with Crippen LogP contribution in [0.3, 0.4) is 0 Å². The monoisotopic (exact) mass is 385 g/mol. The van der Waals surface area contributed by atoms with Gasteiger partial charge in [0.25, 0.3) is 0 Å². The zero-order valence-electron chi connectivity index (χ0n) is 8.06. The van der Waals surface area contributed by atoms with E-state index in [4.69, 9.17) is 0 Å². The third kappa shape index (κ3) is 3.71. The summed E-state index contributed by atoms with van der Waals surface area (Å²) in [5.74, 6) is -1.50. The Kier molecular flexibility index (Phi) is 4.08. The number of pyridine rings is 1. The van der Waals surface area contributed by atoms with Crippen LogP contribution in [-0.2, 0) is 6.18 Å². The highest BCUT2D eigenvalue weighted by atomic mass is 127. The number of alkyl halides is 6. The van der Waals surface area contributed by atoms with Gasteiger partial charge in [0.15, 0.2) is 6.29 Å². The molecule has 1 aromatic heterocycles. The van der Waals surface area contributed by atoms with Gasteiger partial charge in [0.05, 0.1) is 0 Å². The van der Waals surface area contributed by atoms with E-state index in [0.717, 1.165) is 0 Å². The average molecular weight is 385 g/mol. The van der Waals surface area contributed by atoms with Crippen molar-refractivity contribution in [2.75, 3.05) is 0 Å². The normalized spacial score (nSPS) is 12.4. The fourth-order valence-corrected chi connectivity index (χ4v) is 1.63. The van der Waals surface area contributed by atoms with E-state index in [0.29, 0.717) is 6.07 Å². The number of aldehydes is 1. The second-order valence-electron chi connectivity index (χ2n) is 2.87. The Morgan fingerprint density at radius 3 is 2.17 bits per heavy atom. The van der Waals surface area contributed by atoms with Gasteiger partial charge >= 0.3 is 12.5 Å². The second-order valence-corrected chi connectivity index (χ2v) is 3.97. The number of carbonyl (C=O) groups excluding carboxylic acids is 1. The van der Waals surface area contributed by atoms with Crippen LogP contribution < -0.4 is 4.74 Å². The van der Waals surface area contributed by atoms with Crippen LogP contribution in [0, 0.1) is 3.70 Å². The van der Waals surface area contributed by atoms with E-state index in [2.05, 4.69) is 9.72 Å². The molecule has 18 heavy (non-hydrogen) atoms. The number of aromatic nitrogens is 1. The molecule has 0 aromatic carbocycles. The van der Waals surface area contributed by atoms with Crippen LogP contribution >= 0.6 is 22.6 Å². The molecule has 1 heterocycles. The molecule has 0 aliphatic carbocycles. The molecule has 100 valence electrons. The quantitative estimate of drug-likeness (QED) is 0.339. The fourth-order valence-electron chi connectivity index (χ4n) is 1.09. The van der Waals surface area contributed by atoms with Gasteiger partial charge < -0.3 is 4.74 Å². The lowest BCUT2D eigenvalue weighted by atomic mass is 10.2. The molecule has 0 atom stereocenters. The molecule has 0 aliphatic rings. The van der Waals surface area contributed by atoms with Crippen molar-refractivity contribution in [1.29, 1.82) is 0 Å². The molecule has 0 radical (unpaired) electrons. The highest BCUT2D eigenvalue weighted by Gasteiger charge is 2.42. The Hall–Kier alpha value is -1.07. The third-order valence-corrected chi connectivity index (χ3v) is 2.15. The maximum atomic E-state index is 12.6. The van der Waals surface area contributed by atoms with Gasteiger partial charge in [-0.25, -0.2) is 4.98 Å². The standard InChI is InChI=1S/C8H2F6INO2/c9-7(10,11)6-3(2-17)16-5(15)1-4(6)18-8(12,13)14/h1-2H. The van der Waals surface area contributed by atoms with Crippen molar-refractivity contribution < 1.29 is 35.9 Å². The highest BCUT2D eigenvalue weighted by Crippen LogP contribution is 2.40. The van der Waals surface area contributed by atoms with Gasteiger partial charge in [-0.3, -0.25) is 4.79 Å². The minimum absolute atomic E-state index is 0.234. The minimum Gasteiger partial charge on any atom is -0.405 e. The maximum Gasteiger partial charge on any atom is 0.573 e. The molecule has 10 heteroatoms. The summed E-state index contributed by atoms with van der Waals surface area (Å²) in [5, 5.41) is 0. The van der Waals surface area contributed by atoms with Crippen LogP contribution in [0.2, 0.25) is 0 Å².